The second-order valence-corrected chi connectivity index (χ2v) is 7.18. The van der Waals surface area contributed by atoms with E-state index in [1.807, 2.05) is 48.5 Å². The van der Waals surface area contributed by atoms with Crippen LogP contribution in [-0.4, -0.2) is 27.7 Å². The molecule has 27 heavy (non-hydrogen) atoms. The highest BCUT2D eigenvalue weighted by atomic mass is 32.1. The molecular formula is C21H20N4OS. The van der Waals surface area contributed by atoms with E-state index in [-0.39, 0.29) is 5.56 Å². The number of anilines is 1. The Morgan fingerprint density at radius 3 is 2.37 bits per heavy atom. The highest BCUT2D eigenvalue weighted by molar-refractivity contribution is 7.15. The molecule has 0 aliphatic heterocycles. The molecule has 0 atom stereocenters. The normalized spacial score (nSPS) is 12.0. The minimum atomic E-state index is -0.127. The number of nitrogens with zero attached hydrogens (tertiary/aromatic N) is 4. The summed E-state index contributed by atoms with van der Waals surface area (Å²) in [4.78, 5) is 20.1. The number of aromatic nitrogens is 3. The molecule has 136 valence electrons. The zero-order valence-corrected chi connectivity index (χ0v) is 16.1. The third kappa shape index (κ3) is 3.36. The Hall–Kier alpha value is -2.99. The van der Waals surface area contributed by atoms with Gasteiger partial charge in [-0.1, -0.05) is 53.8 Å². The molecule has 0 aliphatic rings. The lowest BCUT2D eigenvalue weighted by atomic mass is 10.2. The molecule has 0 unspecified atom stereocenters. The van der Waals surface area contributed by atoms with Crippen molar-refractivity contribution in [1.29, 1.82) is 0 Å². The van der Waals surface area contributed by atoms with Crippen LogP contribution < -0.4 is 15.0 Å². The molecule has 0 aliphatic carbocycles. The molecule has 0 N–H and O–H groups in total. The Morgan fingerprint density at radius 2 is 1.74 bits per heavy atom. The quantitative estimate of drug-likeness (QED) is 0.537. The van der Waals surface area contributed by atoms with Gasteiger partial charge in [-0.25, -0.2) is 0 Å². The van der Waals surface area contributed by atoms with Crippen LogP contribution in [0, 0.1) is 0 Å². The average molecular weight is 376 g/mol. The van der Waals surface area contributed by atoms with Gasteiger partial charge in [0.05, 0.1) is 4.53 Å². The fourth-order valence-electron chi connectivity index (χ4n) is 3.06. The van der Waals surface area contributed by atoms with E-state index in [2.05, 4.69) is 41.0 Å². The largest absolute Gasteiger partial charge is 0.372 e. The molecule has 6 heteroatoms. The number of thiazole rings is 1. The van der Waals surface area contributed by atoms with Gasteiger partial charge in [-0.2, -0.15) is 9.50 Å². The summed E-state index contributed by atoms with van der Waals surface area (Å²) in [6.45, 7) is 6.24. The molecule has 0 saturated heterocycles. The molecule has 2 aromatic carbocycles. The summed E-state index contributed by atoms with van der Waals surface area (Å²) < 4.78 is 2.03. The number of benzene rings is 2. The third-order valence-corrected chi connectivity index (χ3v) is 5.49. The van der Waals surface area contributed by atoms with Gasteiger partial charge in [0.1, 0.15) is 0 Å². The Morgan fingerprint density at radius 1 is 1.04 bits per heavy atom. The summed E-state index contributed by atoms with van der Waals surface area (Å²) in [6, 6.07) is 18.0. The first kappa shape index (κ1) is 17.4. The summed E-state index contributed by atoms with van der Waals surface area (Å²) in [5.41, 5.74) is 2.97. The Kier molecular flexibility index (Phi) is 4.73. The fraction of sp³-hybridized carbons (Fsp3) is 0.190. The van der Waals surface area contributed by atoms with Crippen molar-refractivity contribution in [2.45, 2.75) is 13.8 Å². The van der Waals surface area contributed by atoms with Crippen molar-refractivity contribution in [2.24, 2.45) is 0 Å². The van der Waals surface area contributed by atoms with Crippen molar-refractivity contribution in [1.82, 2.24) is 14.6 Å². The van der Waals surface area contributed by atoms with Crippen molar-refractivity contribution in [2.75, 3.05) is 18.0 Å². The van der Waals surface area contributed by atoms with Crippen LogP contribution in [0.1, 0.15) is 19.4 Å². The van der Waals surface area contributed by atoms with E-state index in [4.69, 9.17) is 0 Å². The minimum absolute atomic E-state index is 0.127. The number of fused-ring (bicyclic) bond motifs is 1. The van der Waals surface area contributed by atoms with Gasteiger partial charge in [-0.05, 0) is 37.6 Å². The van der Waals surface area contributed by atoms with E-state index in [1.165, 1.54) is 21.5 Å². The predicted molar refractivity (Wildman–Crippen MR) is 111 cm³/mol. The second kappa shape index (κ2) is 7.32. The Balaban J connectivity index is 1.69. The average Bonchev–Trinajstić information content (AvgIpc) is 3.25. The van der Waals surface area contributed by atoms with Gasteiger partial charge in [0.25, 0.3) is 5.56 Å². The van der Waals surface area contributed by atoms with Crippen molar-refractivity contribution >= 4 is 28.1 Å². The van der Waals surface area contributed by atoms with Crippen LogP contribution in [0.2, 0.25) is 0 Å². The van der Waals surface area contributed by atoms with Crippen molar-refractivity contribution in [3.05, 3.63) is 75.0 Å². The van der Waals surface area contributed by atoms with Crippen LogP contribution in [0.3, 0.4) is 0 Å². The lowest BCUT2D eigenvalue weighted by Gasteiger charge is -2.20. The molecule has 0 saturated carbocycles. The minimum Gasteiger partial charge on any atom is -0.372 e. The maximum absolute atomic E-state index is 12.7. The molecule has 2 heterocycles. The van der Waals surface area contributed by atoms with E-state index < -0.39 is 0 Å². The zero-order valence-electron chi connectivity index (χ0n) is 15.3. The number of hydrogen-bond donors (Lipinski definition) is 0. The molecule has 0 spiro atoms. The fourth-order valence-corrected chi connectivity index (χ4v) is 3.97. The van der Waals surface area contributed by atoms with E-state index >= 15 is 0 Å². The maximum atomic E-state index is 12.7. The van der Waals surface area contributed by atoms with Gasteiger partial charge < -0.3 is 4.90 Å². The van der Waals surface area contributed by atoms with Gasteiger partial charge >= 0.3 is 0 Å². The molecule has 4 aromatic rings. The number of rotatable bonds is 5. The third-order valence-electron chi connectivity index (χ3n) is 4.53. The van der Waals surface area contributed by atoms with Gasteiger partial charge in [0.2, 0.25) is 4.96 Å². The van der Waals surface area contributed by atoms with Gasteiger partial charge in [0, 0.05) is 24.3 Å². The molecule has 5 nitrogen and oxygen atoms in total. The van der Waals surface area contributed by atoms with Crippen LogP contribution in [-0.2, 0) is 0 Å². The number of hydrogen-bond acceptors (Lipinski definition) is 5. The van der Waals surface area contributed by atoms with E-state index in [0.29, 0.717) is 15.3 Å². The van der Waals surface area contributed by atoms with E-state index in [0.717, 1.165) is 24.2 Å². The standard InChI is InChI=1S/C21H20N4OS/c1-3-24(4-2)17-12-10-15(11-13-17)14-18-20(26)25-21(27-18)22-19(23-25)16-8-6-5-7-9-16/h5-14H,3-4H2,1-2H3/b18-14-. The van der Waals surface area contributed by atoms with Gasteiger partial charge in [-0.3, -0.25) is 4.79 Å². The Labute approximate surface area is 161 Å². The monoisotopic (exact) mass is 376 g/mol. The maximum Gasteiger partial charge on any atom is 0.291 e. The molecule has 4 rings (SSSR count). The first-order valence-corrected chi connectivity index (χ1v) is 9.83. The van der Waals surface area contributed by atoms with Crippen LogP contribution in [0.15, 0.2) is 59.4 Å². The topological polar surface area (TPSA) is 50.5 Å². The molecular weight excluding hydrogens is 356 g/mol. The first-order valence-electron chi connectivity index (χ1n) is 9.01. The van der Waals surface area contributed by atoms with Gasteiger partial charge in [-0.15, -0.1) is 5.10 Å². The van der Waals surface area contributed by atoms with Crippen molar-refractivity contribution in [3.8, 4) is 11.4 Å². The predicted octanol–water partition coefficient (Wildman–Crippen LogP) is 3.21. The van der Waals surface area contributed by atoms with Crippen LogP contribution in [0.25, 0.3) is 22.4 Å². The smallest absolute Gasteiger partial charge is 0.291 e. The summed E-state index contributed by atoms with van der Waals surface area (Å²) in [5, 5.41) is 4.38. The molecule has 0 fully saturated rings. The zero-order chi connectivity index (χ0) is 18.8. The first-order chi connectivity index (χ1) is 13.2. The molecule has 2 aromatic heterocycles. The van der Waals surface area contributed by atoms with Gasteiger partial charge in [0.15, 0.2) is 5.82 Å². The van der Waals surface area contributed by atoms with E-state index in [9.17, 15) is 4.79 Å². The summed E-state index contributed by atoms with van der Waals surface area (Å²) in [5.74, 6) is 0.578. The van der Waals surface area contributed by atoms with Crippen LogP contribution in [0.4, 0.5) is 5.69 Å². The highest BCUT2D eigenvalue weighted by Crippen LogP contribution is 2.17. The summed E-state index contributed by atoms with van der Waals surface area (Å²) >= 11 is 1.36. The van der Waals surface area contributed by atoms with Crippen LogP contribution >= 0.6 is 11.3 Å². The summed E-state index contributed by atoms with van der Waals surface area (Å²) in [6.07, 6.45) is 1.90. The second-order valence-electron chi connectivity index (χ2n) is 6.18. The highest BCUT2D eigenvalue weighted by Gasteiger charge is 2.11. The molecule has 0 radical (unpaired) electrons. The van der Waals surface area contributed by atoms with Crippen LogP contribution in [0.5, 0.6) is 0 Å². The summed E-state index contributed by atoms with van der Waals surface area (Å²) in [7, 11) is 0. The van der Waals surface area contributed by atoms with Crippen molar-refractivity contribution < 1.29 is 0 Å². The molecule has 0 bridgehead atoms. The molecule has 0 amide bonds. The lowest BCUT2D eigenvalue weighted by molar-refractivity contribution is 0.866. The Bertz CT molecular complexity index is 1160. The van der Waals surface area contributed by atoms with Crippen molar-refractivity contribution in [3.63, 3.8) is 0 Å². The lowest BCUT2D eigenvalue weighted by Crippen LogP contribution is -2.23. The van der Waals surface area contributed by atoms with E-state index in [1.54, 1.807) is 0 Å². The SMILES string of the molecule is CCN(CC)c1ccc(/C=c2\sc3nc(-c4ccccc4)nn3c2=O)cc1.